The molecule has 0 radical (unpaired) electrons. The van der Waals surface area contributed by atoms with E-state index in [9.17, 15) is 8.42 Å². The van der Waals surface area contributed by atoms with Crippen molar-refractivity contribution in [3.05, 3.63) is 53.6 Å². The van der Waals surface area contributed by atoms with Gasteiger partial charge >= 0.3 is 0 Å². The molecule has 1 aliphatic rings. The Morgan fingerprint density at radius 3 is 2.32 bits per heavy atom. The molecule has 0 aliphatic heterocycles. The van der Waals surface area contributed by atoms with Crippen molar-refractivity contribution in [2.45, 2.75) is 64.7 Å². The first-order valence-corrected chi connectivity index (χ1v) is 12.6. The fourth-order valence-corrected chi connectivity index (χ4v) is 4.78. The zero-order chi connectivity index (χ0) is 22.4. The SMILES string of the molecule is Cc1ccccc1N=Nc1ccc(NCC2CCC(NS(=O)(=O)C(C)C)CC2)c(C)c1. The van der Waals surface area contributed by atoms with Gasteiger partial charge in [-0.25, -0.2) is 13.1 Å². The van der Waals surface area contributed by atoms with E-state index >= 15 is 0 Å². The predicted octanol–water partition coefficient (Wildman–Crippen LogP) is 6.02. The molecule has 0 spiro atoms. The summed E-state index contributed by atoms with van der Waals surface area (Å²) in [6.07, 6.45) is 3.85. The lowest BCUT2D eigenvalue weighted by Crippen LogP contribution is -2.41. The van der Waals surface area contributed by atoms with Crippen molar-refractivity contribution in [2.75, 3.05) is 11.9 Å². The molecule has 0 amide bonds. The highest BCUT2D eigenvalue weighted by Crippen LogP contribution is 2.28. The molecule has 0 aromatic heterocycles. The lowest BCUT2D eigenvalue weighted by Gasteiger charge is -2.30. The van der Waals surface area contributed by atoms with Gasteiger partial charge in [-0.15, -0.1) is 0 Å². The molecule has 0 saturated heterocycles. The van der Waals surface area contributed by atoms with E-state index in [2.05, 4.69) is 33.3 Å². The van der Waals surface area contributed by atoms with Crippen LogP contribution in [0.3, 0.4) is 0 Å². The van der Waals surface area contributed by atoms with Gasteiger partial charge in [-0.2, -0.15) is 10.2 Å². The minimum Gasteiger partial charge on any atom is -0.385 e. The number of hydrogen-bond donors (Lipinski definition) is 2. The van der Waals surface area contributed by atoms with Crippen LogP contribution in [0.1, 0.15) is 50.7 Å². The minimum atomic E-state index is -3.19. The molecular formula is C24H34N4O2S. The normalized spacial score (nSPS) is 19.8. The number of nitrogens with one attached hydrogen (secondary N) is 2. The van der Waals surface area contributed by atoms with Gasteiger partial charge in [-0.05, 0) is 94.7 Å². The third kappa shape index (κ3) is 6.61. The summed E-state index contributed by atoms with van der Waals surface area (Å²) >= 11 is 0. The van der Waals surface area contributed by atoms with E-state index < -0.39 is 10.0 Å². The van der Waals surface area contributed by atoms with E-state index in [1.54, 1.807) is 13.8 Å². The Balaban J connectivity index is 1.50. The average molecular weight is 443 g/mol. The fraction of sp³-hybridized carbons (Fsp3) is 0.500. The molecule has 0 bridgehead atoms. The number of rotatable bonds is 8. The molecular weight excluding hydrogens is 408 g/mol. The molecule has 1 saturated carbocycles. The van der Waals surface area contributed by atoms with Crippen molar-refractivity contribution in [1.82, 2.24) is 4.72 Å². The van der Waals surface area contributed by atoms with E-state index in [0.717, 1.165) is 60.4 Å². The second-order valence-electron chi connectivity index (χ2n) is 8.80. The molecule has 1 fully saturated rings. The second kappa shape index (κ2) is 10.4. The Bertz CT molecular complexity index is 1010. The van der Waals surface area contributed by atoms with Crippen LogP contribution in [0.4, 0.5) is 17.1 Å². The lowest BCUT2D eigenvalue weighted by atomic mass is 9.86. The van der Waals surface area contributed by atoms with Crippen molar-refractivity contribution >= 4 is 27.1 Å². The maximum absolute atomic E-state index is 12.1. The quantitative estimate of drug-likeness (QED) is 0.491. The van der Waals surface area contributed by atoms with E-state index in [4.69, 9.17) is 0 Å². The zero-order valence-electron chi connectivity index (χ0n) is 18.9. The van der Waals surface area contributed by atoms with Gasteiger partial charge in [0.15, 0.2) is 0 Å². The van der Waals surface area contributed by atoms with Crippen LogP contribution < -0.4 is 10.0 Å². The van der Waals surface area contributed by atoms with Gasteiger partial charge < -0.3 is 5.32 Å². The first-order valence-electron chi connectivity index (χ1n) is 11.1. The minimum absolute atomic E-state index is 0.0725. The highest BCUT2D eigenvalue weighted by atomic mass is 32.2. The molecule has 1 aliphatic carbocycles. The Hall–Kier alpha value is -2.25. The summed E-state index contributed by atoms with van der Waals surface area (Å²) in [5.41, 5.74) is 5.07. The summed E-state index contributed by atoms with van der Waals surface area (Å²) in [5.74, 6) is 0.555. The summed E-state index contributed by atoms with van der Waals surface area (Å²) in [6, 6.07) is 14.1. The summed E-state index contributed by atoms with van der Waals surface area (Å²) in [4.78, 5) is 0. The van der Waals surface area contributed by atoms with E-state index in [-0.39, 0.29) is 11.3 Å². The summed E-state index contributed by atoms with van der Waals surface area (Å²) in [6.45, 7) is 8.44. The van der Waals surface area contributed by atoms with Crippen LogP contribution in [0.15, 0.2) is 52.7 Å². The number of anilines is 1. The summed E-state index contributed by atoms with van der Waals surface area (Å²) in [7, 11) is -3.19. The van der Waals surface area contributed by atoms with Gasteiger partial charge in [0, 0.05) is 18.3 Å². The van der Waals surface area contributed by atoms with Crippen molar-refractivity contribution in [1.29, 1.82) is 0 Å². The van der Waals surface area contributed by atoms with Gasteiger partial charge in [-0.3, -0.25) is 0 Å². The molecule has 3 rings (SSSR count). The molecule has 7 heteroatoms. The standard InChI is InChI=1S/C24H34N4O2S/c1-17(2)31(29,30)28-21-11-9-20(10-12-21)16-25-23-14-13-22(15-19(23)4)26-27-24-8-6-5-7-18(24)3/h5-8,13-15,17,20-21,25,28H,9-12,16H2,1-4H3. The van der Waals surface area contributed by atoms with E-state index in [1.165, 1.54) is 0 Å². The number of sulfonamides is 1. The van der Waals surface area contributed by atoms with Gasteiger partial charge in [-0.1, -0.05) is 18.2 Å². The average Bonchev–Trinajstić information content (AvgIpc) is 2.73. The lowest BCUT2D eigenvalue weighted by molar-refractivity contribution is 0.323. The van der Waals surface area contributed by atoms with Crippen LogP contribution in [-0.4, -0.2) is 26.3 Å². The number of azo groups is 1. The highest BCUT2D eigenvalue weighted by Gasteiger charge is 2.26. The Kier molecular flexibility index (Phi) is 7.84. The molecule has 2 aromatic rings. The number of hydrogen-bond acceptors (Lipinski definition) is 5. The maximum Gasteiger partial charge on any atom is 0.214 e. The number of aryl methyl sites for hydroxylation is 2. The molecule has 0 atom stereocenters. The molecule has 0 heterocycles. The summed E-state index contributed by atoms with van der Waals surface area (Å²) < 4.78 is 27.0. The van der Waals surface area contributed by atoms with Crippen LogP contribution in [0.5, 0.6) is 0 Å². The molecule has 31 heavy (non-hydrogen) atoms. The maximum atomic E-state index is 12.1. The number of nitrogens with zero attached hydrogens (tertiary/aromatic N) is 2. The molecule has 2 aromatic carbocycles. The van der Waals surface area contributed by atoms with Gasteiger partial charge in [0.2, 0.25) is 10.0 Å². The smallest absolute Gasteiger partial charge is 0.214 e. The third-order valence-corrected chi connectivity index (χ3v) is 7.88. The van der Waals surface area contributed by atoms with Crippen LogP contribution in [0, 0.1) is 19.8 Å². The van der Waals surface area contributed by atoms with E-state index in [0.29, 0.717) is 5.92 Å². The van der Waals surface area contributed by atoms with Crippen molar-refractivity contribution in [3.8, 4) is 0 Å². The zero-order valence-corrected chi connectivity index (χ0v) is 19.7. The highest BCUT2D eigenvalue weighted by molar-refractivity contribution is 7.90. The first kappa shape index (κ1) is 23.4. The van der Waals surface area contributed by atoms with Crippen LogP contribution in [0.25, 0.3) is 0 Å². The molecule has 168 valence electrons. The van der Waals surface area contributed by atoms with Crippen molar-refractivity contribution in [3.63, 3.8) is 0 Å². The van der Waals surface area contributed by atoms with E-state index in [1.807, 2.05) is 43.3 Å². The summed E-state index contributed by atoms with van der Waals surface area (Å²) in [5, 5.41) is 11.9. The molecule has 6 nitrogen and oxygen atoms in total. The largest absolute Gasteiger partial charge is 0.385 e. The first-order chi connectivity index (χ1) is 14.7. The van der Waals surface area contributed by atoms with Gasteiger partial charge in [0.05, 0.1) is 16.6 Å². The van der Waals surface area contributed by atoms with Crippen molar-refractivity contribution in [2.24, 2.45) is 16.1 Å². The van der Waals surface area contributed by atoms with Crippen LogP contribution in [-0.2, 0) is 10.0 Å². The topological polar surface area (TPSA) is 82.9 Å². The third-order valence-electron chi connectivity index (χ3n) is 5.98. The van der Waals surface area contributed by atoms with Gasteiger partial charge in [0.1, 0.15) is 0 Å². The van der Waals surface area contributed by atoms with Crippen LogP contribution in [0.2, 0.25) is 0 Å². The van der Waals surface area contributed by atoms with Gasteiger partial charge in [0.25, 0.3) is 0 Å². The Morgan fingerprint density at radius 2 is 1.68 bits per heavy atom. The Labute approximate surface area is 186 Å². The molecule has 0 unspecified atom stereocenters. The predicted molar refractivity (Wildman–Crippen MR) is 128 cm³/mol. The monoisotopic (exact) mass is 442 g/mol. The fourth-order valence-electron chi connectivity index (χ4n) is 3.80. The van der Waals surface area contributed by atoms with Crippen LogP contribution >= 0.6 is 0 Å². The second-order valence-corrected chi connectivity index (χ2v) is 11.1. The molecule has 2 N–H and O–H groups in total. The Morgan fingerprint density at radius 1 is 0.968 bits per heavy atom. The number of benzene rings is 2. The van der Waals surface area contributed by atoms with Crippen molar-refractivity contribution < 1.29 is 8.42 Å².